The molecule has 0 bridgehead atoms. The molecule has 0 aliphatic heterocycles. The Labute approximate surface area is 136 Å². The molecule has 0 atom stereocenters. The first-order valence-corrected chi connectivity index (χ1v) is 9.04. The van der Waals surface area contributed by atoms with Gasteiger partial charge in [-0.3, -0.25) is 0 Å². The topological polar surface area (TPSA) is 20.2 Å². The average Bonchev–Trinajstić information content (AvgIpc) is 2.50. The van der Waals surface area contributed by atoms with Gasteiger partial charge in [-0.1, -0.05) is 84.3 Å². The zero-order chi connectivity index (χ0) is 14.5. The summed E-state index contributed by atoms with van der Waals surface area (Å²) in [5.41, 5.74) is 1.39. The van der Waals surface area contributed by atoms with Gasteiger partial charge in [-0.25, -0.2) is 0 Å². The summed E-state index contributed by atoms with van der Waals surface area (Å²) in [6.07, 6.45) is 15.1. The molecule has 0 unspecified atom stereocenters. The van der Waals surface area contributed by atoms with Crippen LogP contribution < -0.4 is 0 Å². The van der Waals surface area contributed by atoms with Gasteiger partial charge in [-0.05, 0) is 30.5 Å². The summed E-state index contributed by atoms with van der Waals surface area (Å²) in [6, 6.07) is 8.26. The molecular formula is C19H34OS. The number of rotatable bonds is 12. The summed E-state index contributed by atoms with van der Waals surface area (Å²) >= 11 is 0.822. The summed E-state index contributed by atoms with van der Waals surface area (Å²) in [5.74, 6) is 0. The highest BCUT2D eigenvalue weighted by Gasteiger charge is 1.96. The van der Waals surface area contributed by atoms with Crippen molar-refractivity contribution in [2.24, 2.45) is 0 Å². The molecule has 1 aromatic carbocycles. The van der Waals surface area contributed by atoms with Crippen LogP contribution >= 0.6 is 12.0 Å². The van der Waals surface area contributed by atoms with Crippen LogP contribution in [0.15, 0.2) is 29.2 Å². The first-order chi connectivity index (χ1) is 9.86. The van der Waals surface area contributed by atoms with E-state index in [2.05, 4.69) is 19.1 Å². The molecule has 21 heavy (non-hydrogen) atoms. The molecule has 1 N–H and O–H groups in total. The second-order valence-electron chi connectivity index (χ2n) is 5.67. The summed E-state index contributed by atoms with van der Waals surface area (Å²) in [5, 5.41) is 0. The van der Waals surface area contributed by atoms with Gasteiger partial charge in [-0.15, -0.1) is 0 Å². The van der Waals surface area contributed by atoms with E-state index in [0.717, 1.165) is 16.9 Å². The molecule has 0 aromatic heterocycles. The molecule has 2 heteroatoms. The fourth-order valence-electron chi connectivity index (χ4n) is 2.53. The summed E-state index contributed by atoms with van der Waals surface area (Å²) in [6.45, 7) is 2.27. The van der Waals surface area contributed by atoms with Crippen LogP contribution in [0.2, 0.25) is 0 Å². The molecule has 1 aromatic rings. The molecule has 1 nitrogen and oxygen atoms in total. The number of aryl methyl sites for hydroxylation is 1. The van der Waals surface area contributed by atoms with Crippen LogP contribution in [0.3, 0.4) is 0 Å². The Morgan fingerprint density at radius 3 is 1.71 bits per heavy atom. The van der Waals surface area contributed by atoms with Crippen LogP contribution in [0.25, 0.3) is 0 Å². The summed E-state index contributed by atoms with van der Waals surface area (Å²) in [4.78, 5) is 0.928. The van der Waals surface area contributed by atoms with Crippen molar-refractivity contribution in [3.8, 4) is 0 Å². The highest BCUT2D eigenvalue weighted by Crippen LogP contribution is 2.16. The minimum absolute atomic E-state index is 0. The van der Waals surface area contributed by atoms with E-state index < -0.39 is 0 Å². The van der Waals surface area contributed by atoms with Crippen molar-refractivity contribution in [2.75, 3.05) is 0 Å². The molecule has 1 rings (SSSR count). The van der Waals surface area contributed by atoms with Gasteiger partial charge < -0.3 is 4.55 Å². The predicted molar refractivity (Wildman–Crippen MR) is 97.2 cm³/mol. The quantitative estimate of drug-likeness (QED) is 0.321. The van der Waals surface area contributed by atoms with Crippen molar-refractivity contribution in [1.82, 2.24) is 0 Å². The van der Waals surface area contributed by atoms with Gasteiger partial charge in [0.15, 0.2) is 0 Å². The maximum Gasteiger partial charge on any atom is 0.0351 e. The maximum atomic E-state index is 8.91. The lowest BCUT2D eigenvalue weighted by Gasteiger charge is -2.03. The second kappa shape index (κ2) is 14.5. The van der Waals surface area contributed by atoms with Crippen LogP contribution in [0.5, 0.6) is 0 Å². The van der Waals surface area contributed by atoms with Gasteiger partial charge in [0.2, 0.25) is 0 Å². The van der Waals surface area contributed by atoms with Crippen LogP contribution in [0, 0.1) is 0 Å². The number of unbranched alkanes of at least 4 members (excludes halogenated alkanes) is 9. The Hall–Kier alpha value is -0.470. The molecular weight excluding hydrogens is 276 g/mol. The first kappa shape index (κ1) is 20.5. The summed E-state index contributed by atoms with van der Waals surface area (Å²) in [7, 11) is 0. The fourth-order valence-corrected chi connectivity index (χ4v) is 2.79. The number of benzene rings is 1. The SMILES string of the molecule is C.CCCCCCCCCCCCc1ccc(SO)cc1. The minimum Gasteiger partial charge on any atom is -0.325 e. The molecule has 0 amide bonds. The Balaban J connectivity index is 0.00000400. The van der Waals surface area contributed by atoms with Crippen molar-refractivity contribution < 1.29 is 4.55 Å². The molecule has 0 saturated carbocycles. The second-order valence-corrected chi connectivity index (χ2v) is 6.32. The van der Waals surface area contributed by atoms with E-state index in [1.165, 1.54) is 76.2 Å². The normalized spacial score (nSPS) is 10.4. The molecule has 0 saturated heterocycles. The van der Waals surface area contributed by atoms with Crippen LogP contribution in [-0.4, -0.2) is 4.55 Å². The van der Waals surface area contributed by atoms with Crippen molar-refractivity contribution in [1.29, 1.82) is 0 Å². The van der Waals surface area contributed by atoms with E-state index in [9.17, 15) is 0 Å². The van der Waals surface area contributed by atoms with Gasteiger partial charge in [0, 0.05) is 16.9 Å². The van der Waals surface area contributed by atoms with Gasteiger partial charge in [-0.2, -0.15) is 0 Å². The van der Waals surface area contributed by atoms with E-state index in [4.69, 9.17) is 4.55 Å². The van der Waals surface area contributed by atoms with Crippen molar-refractivity contribution in [3.05, 3.63) is 29.8 Å². The van der Waals surface area contributed by atoms with Crippen molar-refractivity contribution in [3.63, 3.8) is 0 Å². The van der Waals surface area contributed by atoms with Gasteiger partial charge >= 0.3 is 0 Å². The maximum absolute atomic E-state index is 8.91. The van der Waals surface area contributed by atoms with Crippen LogP contribution in [0.4, 0.5) is 0 Å². The Kier molecular flexibility index (Phi) is 14.1. The molecule has 0 heterocycles. The third kappa shape index (κ3) is 10.8. The van der Waals surface area contributed by atoms with Gasteiger partial charge in [0.25, 0.3) is 0 Å². The lowest BCUT2D eigenvalue weighted by atomic mass is 10.0. The molecule has 122 valence electrons. The lowest BCUT2D eigenvalue weighted by molar-refractivity contribution is 0.556. The van der Waals surface area contributed by atoms with Crippen LogP contribution in [0.1, 0.15) is 84.1 Å². The highest BCUT2D eigenvalue weighted by molar-refractivity contribution is 7.93. The zero-order valence-corrected chi connectivity index (χ0v) is 13.8. The minimum atomic E-state index is 0. The van der Waals surface area contributed by atoms with Crippen LogP contribution in [-0.2, 0) is 6.42 Å². The number of hydrogen-bond donors (Lipinski definition) is 1. The van der Waals surface area contributed by atoms with E-state index in [1.807, 2.05) is 12.1 Å². The molecule has 0 aliphatic rings. The Morgan fingerprint density at radius 2 is 1.24 bits per heavy atom. The van der Waals surface area contributed by atoms with Crippen molar-refractivity contribution in [2.45, 2.75) is 89.9 Å². The highest BCUT2D eigenvalue weighted by atomic mass is 32.2. The van der Waals surface area contributed by atoms with E-state index in [1.54, 1.807) is 0 Å². The zero-order valence-electron chi connectivity index (χ0n) is 12.9. The van der Waals surface area contributed by atoms with E-state index in [0.29, 0.717) is 0 Å². The predicted octanol–water partition coefficient (Wildman–Crippen LogP) is 7.35. The Bertz CT molecular complexity index is 321. The standard InChI is InChI=1S/C18H30OS.CH4/c1-2-3-4-5-6-7-8-9-10-11-12-17-13-15-18(20-19)16-14-17;/h13-16,19H,2-12H2,1H3;1H4. The third-order valence-corrected chi connectivity index (χ3v) is 4.33. The third-order valence-electron chi connectivity index (χ3n) is 3.85. The molecule has 0 fully saturated rings. The fraction of sp³-hybridized carbons (Fsp3) is 0.684. The Morgan fingerprint density at radius 1 is 0.762 bits per heavy atom. The average molecular weight is 311 g/mol. The van der Waals surface area contributed by atoms with Gasteiger partial charge in [0.05, 0.1) is 0 Å². The monoisotopic (exact) mass is 310 g/mol. The van der Waals surface area contributed by atoms with E-state index in [-0.39, 0.29) is 7.43 Å². The van der Waals surface area contributed by atoms with Gasteiger partial charge in [0.1, 0.15) is 0 Å². The molecule has 0 aliphatic carbocycles. The summed E-state index contributed by atoms with van der Waals surface area (Å²) < 4.78 is 8.91. The van der Waals surface area contributed by atoms with E-state index >= 15 is 0 Å². The van der Waals surface area contributed by atoms with Crippen molar-refractivity contribution >= 4 is 12.0 Å². The molecule has 0 radical (unpaired) electrons. The largest absolute Gasteiger partial charge is 0.325 e. The first-order valence-electron chi connectivity index (χ1n) is 8.27. The smallest absolute Gasteiger partial charge is 0.0351 e. The number of hydrogen-bond acceptors (Lipinski definition) is 2. The lowest BCUT2D eigenvalue weighted by Crippen LogP contribution is -1.86. The molecule has 0 spiro atoms.